The molecular weight excluding hydrogens is 226 g/mol. The van der Waals surface area contributed by atoms with E-state index in [1.165, 1.54) is 11.3 Å². The number of hydrogen-bond acceptors (Lipinski definition) is 2. The number of aromatic nitrogens is 1. The van der Waals surface area contributed by atoms with Crippen molar-refractivity contribution in [1.29, 1.82) is 0 Å². The molecule has 1 aliphatic rings. The topological polar surface area (TPSA) is 45.2 Å². The van der Waals surface area contributed by atoms with Crippen molar-refractivity contribution in [1.82, 2.24) is 4.98 Å². The summed E-state index contributed by atoms with van der Waals surface area (Å²) in [6.07, 6.45) is 2.85. The molecule has 1 aliphatic heterocycles. The summed E-state index contributed by atoms with van der Waals surface area (Å²) < 4.78 is 6.06. The Balaban J connectivity index is 2.27. The highest BCUT2D eigenvalue weighted by Crippen LogP contribution is 2.41. The van der Waals surface area contributed by atoms with Crippen molar-refractivity contribution in [2.75, 3.05) is 6.61 Å². The molecule has 0 saturated heterocycles. The zero-order chi connectivity index (χ0) is 12.8. The number of phenolic OH excluding ortho intramolecular Hbond substituents is 1. The molecule has 0 atom stereocenters. The Hall–Kier alpha value is -1.48. The van der Waals surface area contributed by atoms with Gasteiger partial charge in [0.2, 0.25) is 0 Å². The zero-order valence-corrected chi connectivity index (χ0v) is 10.9. The van der Waals surface area contributed by atoms with E-state index in [1.807, 2.05) is 12.1 Å². The first-order chi connectivity index (χ1) is 8.70. The van der Waals surface area contributed by atoms with Gasteiger partial charge < -0.3 is 14.8 Å². The normalized spacial score (nSPS) is 17.9. The highest BCUT2D eigenvalue weighted by molar-refractivity contribution is 5.86. The third kappa shape index (κ3) is 1.47. The number of H-pyrrole nitrogens is 1. The maximum absolute atomic E-state index is 9.65. The van der Waals surface area contributed by atoms with E-state index < -0.39 is 0 Å². The maximum Gasteiger partial charge on any atom is 0.116 e. The van der Waals surface area contributed by atoms with Gasteiger partial charge in [-0.05, 0) is 43.0 Å². The molecule has 0 radical (unpaired) electrons. The van der Waals surface area contributed by atoms with E-state index in [9.17, 15) is 5.11 Å². The Morgan fingerprint density at radius 1 is 1.33 bits per heavy atom. The summed E-state index contributed by atoms with van der Waals surface area (Å²) >= 11 is 0. The van der Waals surface area contributed by atoms with Crippen LogP contribution in [0.25, 0.3) is 10.9 Å². The summed E-state index contributed by atoms with van der Waals surface area (Å²) in [6.45, 7) is 5.10. The lowest BCUT2D eigenvalue weighted by Crippen LogP contribution is -2.34. The number of rotatable bonds is 2. The first-order valence-corrected chi connectivity index (χ1v) is 6.68. The minimum Gasteiger partial charge on any atom is -0.508 e. The fourth-order valence-corrected chi connectivity index (χ4v) is 3.11. The average Bonchev–Trinajstić information content (AvgIpc) is 2.77. The van der Waals surface area contributed by atoms with E-state index in [0.717, 1.165) is 36.8 Å². The monoisotopic (exact) mass is 245 g/mol. The molecule has 3 nitrogen and oxygen atoms in total. The smallest absolute Gasteiger partial charge is 0.116 e. The van der Waals surface area contributed by atoms with Gasteiger partial charge in [-0.3, -0.25) is 0 Å². The molecular formula is C15H19NO2. The SMILES string of the molecule is CCC1(CC)OCCc2c1[nH]c1ccc(O)cc21. The largest absolute Gasteiger partial charge is 0.508 e. The number of aromatic hydroxyl groups is 1. The predicted molar refractivity (Wildman–Crippen MR) is 71.9 cm³/mol. The molecule has 2 aromatic rings. The summed E-state index contributed by atoms with van der Waals surface area (Å²) in [4.78, 5) is 3.50. The Kier molecular flexibility index (Phi) is 2.59. The lowest BCUT2D eigenvalue weighted by Gasteiger charge is -2.36. The standard InChI is InChI=1S/C15H19NO2/c1-3-15(4-2)14-11(7-8-18-15)12-9-10(17)5-6-13(12)16-14/h5-6,9,16-17H,3-4,7-8H2,1-2H3. The lowest BCUT2D eigenvalue weighted by atomic mass is 9.87. The number of benzene rings is 1. The van der Waals surface area contributed by atoms with Crippen LogP contribution in [0.5, 0.6) is 5.75 Å². The third-order valence-electron chi connectivity index (χ3n) is 4.22. The average molecular weight is 245 g/mol. The Bertz CT molecular complexity index is 581. The van der Waals surface area contributed by atoms with Gasteiger partial charge in [-0.2, -0.15) is 0 Å². The molecule has 0 spiro atoms. The van der Waals surface area contributed by atoms with Crippen molar-refractivity contribution in [3.63, 3.8) is 0 Å². The van der Waals surface area contributed by atoms with Crippen molar-refractivity contribution < 1.29 is 9.84 Å². The summed E-state index contributed by atoms with van der Waals surface area (Å²) in [5.74, 6) is 0.328. The molecule has 18 heavy (non-hydrogen) atoms. The van der Waals surface area contributed by atoms with Crippen LogP contribution in [0.4, 0.5) is 0 Å². The van der Waals surface area contributed by atoms with Gasteiger partial charge in [0.15, 0.2) is 0 Å². The number of fused-ring (bicyclic) bond motifs is 3. The Morgan fingerprint density at radius 3 is 2.83 bits per heavy atom. The van der Waals surface area contributed by atoms with Gasteiger partial charge in [0.05, 0.1) is 12.3 Å². The molecule has 0 amide bonds. The number of ether oxygens (including phenoxy) is 1. The van der Waals surface area contributed by atoms with E-state index in [4.69, 9.17) is 4.74 Å². The van der Waals surface area contributed by atoms with Crippen LogP contribution in [-0.2, 0) is 16.8 Å². The molecule has 3 heteroatoms. The van der Waals surface area contributed by atoms with Crippen molar-refractivity contribution in [2.45, 2.75) is 38.7 Å². The molecule has 0 bridgehead atoms. The van der Waals surface area contributed by atoms with Gasteiger partial charge >= 0.3 is 0 Å². The number of nitrogens with one attached hydrogen (secondary N) is 1. The van der Waals surface area contributed by atoms with Gasteiger partial charge in [0, 0.05) is 10.9 Å². The highest BCUT2D eigenvalue weighted by Gasteiger charge is 2.37. The van der Waals surface area contributed by atoms with Crippen LogP contribution in [0, 0.1) is 0 Å². The van der Waals surface area contributed by atoms with Crippen LogP contribution in [0.15, 0.2) is 18.2 Å². The number of phenols is 1. The van der Waals surface area contributed by atoms with Crippen LogP contribution in [0.1, 0.15) is 37.9 Å². The minimum absolute atomic E-state index is 0.178. The predicted octanol–water partition coefficient (Wildman–Crippen LogP) is 3.46. The van der Waals surface area contributed by atoms with Gasteiger partial charge in [-0.25, -0.2) is 0 Å². The lowest BCUT2D eigenvalue weighted by molar-refractivity contribution is -0.0686. The molecule has 2 heterocycles. The van der Waals surface area contributed by atoms with Crippen molar-refractivity contribution in [3.8, 4) is 5.75 Å². The summed E-state index contributed by atoms with van der Waals surface area (Å²) in [5, 5.41) is 10.8. The van der Waals surface area contributed by atoms with Crippen molar-refractivity contribution in [2.24, 2.45) is 0 Å². The fraction of sp³-hybridized carbons (Fsp3) is 0.467. The van der Waals surface area contributed by atoms with Crippen LogP contribution in [0.2, 0.25) is 0 Å². The van der Waals surface area contributed by atoms with Crippen molar-refractivity contribution in [3.05, 3.63) is 29.5 Å². The van der Waals surface area contributed by atoms with Crippen LogP contribution >= 0.6 is 0 Å². The van der Waals surface area contributed by atoms with Crippen LogP contribution < -0.4 is 0 Å². The van der Waals surface area contributed by atoms with Crippen LogP contribution in [-0.4, -0.2) is 16.7 Å². The molecule has 1 aromatic heterocycles. The van der Waals surface area contributed by atoms with Gasteiger partial charge in [0.1, 0.15) is 11.4 Å². The quantitative estimate of drug-likeness (QED) is 0.851. The molecule has 1 aromatic carbocycles. The molecule has 0 unspecified atom stereocenters. The second kappa shape index (κ2) is 4.02. The van der Waals surface area contributed by atoms with Gasteiger partial charge in [0.25, 0.3) is 0 Å². The first-order valence-electron chi connectivity index (χ1n) is 6.68. The van der Waals surface area contributed by atoms with E-state index in [0.29, 0.717) is 5.75 Å². The summed E-state index contributed by atoms with van der Waals surface area (Å²) in [5.41, 5.74) is 3.44. The molecule has 0 saturated carbocycles. The Labute approximate surface area is 107 Å². The molecule has 96 valence electrons. The molecule has 0 aliphatic carbocycles. The van der Waals surface area contributed by atoms with Crippen molar-refractivity contribution >= 4 is 10.9 Å². The fourth-order valence-electron chi connectivity index (χ4n) is 3.11. The van der Waals surface area contributed by atoms with E-state index in [2.05, 4.69) is 18.8 Å². The van der Waals surface area contributed by atoms with E-state index >= 15 is 0 Å². The first kappa shape index (κ1) is 11.6. The minimum atomic E-state index is -0.178. The van der Waals surface area contributed by atoms with Gasteiger partial charge in [-0.1, -0.05) is 13.8 Å². The zero-order valence-electron chi connectivity index (χ0n) is 10.9. The maximum atomic E-state index is 9.65. The van der Waals surface area contributed by atoms with Gasteiger partial charge in [-0.15, -0.1) is 0 Å². The van der Waals surface area contributed by atoms with E-state index in [-0.39, 0.29) is 5.60 Å². The summed E-state index contributed by atoms with van der Waals surface area (Å²) in [6, 6.07) is 5.52. The Morgan fingerprint density at radius 2 is 2.11 bits per heavy atom. The second-order valence-electron chi connectivity index (χ2n) is 5.01. The number of hydrogen-bond donors (Lipinski definition) is 2. The van der Waals surface area contributed by atoms with Crippen LogP contribution in [0.3, 0.4) is 0 Å². The summed E-state index contributed by atoms with van der Waals surface area (Å²) in [7, 11) is 0. The molecule has 3 rings (SSSR count). The highest BCUT2D eigenvalue weighted by atomic mass is 16.5. The third-order valence-corrected chi connectivity index (χ3v) is 4.22. The number of aromatic amines is 1. The van der Waals surface area contributed by atoms with E-state index in [1.54, 1.807) is 6.07 Å². The second-order valence-corrected chi connectivity index (χ2v) is 5.01. The molecule has 0 fully saturated rings. The molecule has 2 N–H and O–H groups in total.